The van der Waals surface area contributed by atoms with Gasteiger partial charge in [0.05, 0.1) is 6.26 Å². The van der Waals surface area contributed by atoms with Gasteiger partial charge in [-0.05, 0) is 20.0 Å². The molecule has 0 aromatic heterocycles. The topological polar surface area (TPSA) is 49.4 Å². The minimum atomic E-state index is -3.06. The van der Waals surface area contributed by atoms with E-state index in [4.69, 9.17) is 0 Å². The third-order valence-corrected chi connectivity index (χ3v) is 2.67. The van der Waals surface area contributed by atoms with Gasteiger partial charge in [-0.1, -0.05) is 21.3 Å². The average molecular weight is 252 g/mol. The summed E-state index contributed by atoms with van der Waals surface area (Å²) in [6, 6.07) is -0.0186. The maximum atomic E-state index is 10.9. The molecule has 0 spiro atoms. The summed E-state index contributed by atoms with van der Waals surface area (Å²) in [6.45, 7) is 14.7. The quantitative estimate of drug-likeness (QED) is 0.732. The second-order valence-corrected chi connectivity index (χ2v) is 5.06. The lowest BCUT2D eigenvalue weighted by molar-refractivity contribution is 0.282. The lowest BCUT2D eigenvalue weighted by Crippen LogP contribution is -2.41. The molecule has 1 unspecified atom stereocenters. The van der Waals surface area contributed by atoms with Gasteiger partial charge >= 0.3 is 0 Å². The van der Waals surface area contributed by atoms with E-state index in [0.717, 1.165) is 19.6 Å². The molecule has 0 saturated carbocycles. The van der Waals surface area contributed by atoms with Crippen LogP contribution in [0.3, 0.4) is 0 Å². The maximum absolute atomic E-state index is 10.9. The van der Waals surface area contributed by atoms with Crippen LogP contribution < -0.4 is 4.72 Å². The average Bonchev–Trinajstić information content (AvgIpc) is 2.14. The monoisotopic (exact) mass is 252 g/mol. The van der Waals surface area contributed by atoms with Crippen molar-refractivity contribution in [2.24, 2.45) is 0 Å². The second-order valence-electron chi connectivity index (χ2n) is 3.28. The van der Waals surface area contributed by atoms with E-state index in [1.165, 1.54) is 6.26 Å². The standard InChI is InChI=1S/C8H20N2O2S.C2H4.CH4/c1-5-10(6-2)7-8(3)9-13(4,11)12;1-2;/h8-9H,5-7H2,1-4H3;1-2H2;1H4. The zero-order valence-corrected chi connectivity index (χ0v) is 11.1. The number of hydrogen-bond donors (Lipinski definition) is 1. The minimum absolute atomic E-state index is 0. The Balaban J connectivity index is -0.000000529. The van der Waals surface area contributed by atoms with Crippen molar-refractivity contribution in [3.63, 3.8) is 0 Å². The largest absolute Gasteiger partial charge is 0.302 e. The molecule has 0 aliphatic carbocycles. The first-order chi connectivity index (χ1) is 6.89. The molecule has 0 rings (SSSR count). The fraction of sp³-hybridized carbons (Fsp3) is 0.818. The molecule has 1 N–H and O–H groups in total. The molecule has 0 radical (unpaired) electrons. The number of rotatable bonds is 6. The second kappa shape index (κ2) is 11.1. The van der Waals surface area contributed by atoms with Gasteiger partial charge in [-0.2, -0.15) is 0 Å². The first kappa shape index (κ1) is 21.0. The Morgan fingerprint density at radius 1 is 1.25 bits per heavy atom. The summed E-state index contributed by atoms with van der Waals surface area (Å²) < 4.78 is 24.3. The summed E-state index contributed by atoms with van der Waals surface area (Å²) in [6.07, 6.45) is 1.19. The Labute approximate surface area is 102 Å². The maximum Gasteiger partial charge on any atom is 0.208 e. The van der Waals surface area contributed by atoms with Gasteiger partial charge in [0.25, 0.3) is 0 Å². The van der Waals surface area contributed by atoms with E-state index in [0.29, 0.717) is 0 Å². The van der Waals surface area contributed by atoms with Crippen LogP contribution in [0.2, 0.25) is 0 Å². The van der Waals surface area contributed by atoms with E-state index < -0.39 is 10.0 Å². The van der Waals surface area contributed by atoms with E-state index in [-0.39, 0.29) is 13.5 Å². The summed E-state index contributed by atoms with van der Waals surface area (Å²) >= 11 is 0. The lowest BCUT2D eigenvalue weighted by Gasteiger charge is -2.22. The van der Waals surface area contributed by atoms with Crippen LogP contribution in [-0.4, -0.2) is 45.2 Å². The van der Waals surface area contributed by atoms with Crippen molar-refractivity contribution in [2.75, 3.05) is 25.9 Å². The van der Waals surface area contributed by atoms with Crippen molar-refractivity contribution in [2.45, 2.75) is 34.2 Å². The van der Waals surface area contributed by atoms with Crippen molar-refractivity contribution >= 4 is 10.0 Å². The highest BCUT2D eigenvalue weighted by Crippen LogP contribution is 1.92. The molecule has 0 heterocycles. The van der Waals surface area contributed by atoms with Gasteiger partial charge in [0.1, 0.15) is 0 Å². The molecule has 4 nitrogen and oxygen atoms in total. The molecule has 0 aliphatic rings. The van der Waals surface area contributed by atoms with Gasteiger partial charge in [0.15, 0.2) is 0 Å². The molecular formula is C11H28N2O2S. The molecule has 0 aliphatic heterocycles. The molecule has 0 fully saturated rings. The smallest absolute Gasteiger partial charge is 0.208 e. The normalized spacial score (nSPS) is 12.3. The van der Waals surface area contributed by atoms with Gasteiger partial charge in [-0.15, -0.1) is 13.2 Å². The summed E-state index contributed by atoms with van der Waals surface area (Å²) in [5.41, 5.74) is 0. The van der Waals surface area contributed by atoms with Crippen LogP contribution in [0, 0.1) is 0 Å². The van der Waals surface area contributed by atoms with E-state index in [2.05, 4.69) is 36.6 Å². The Bertz CT molecular complexity index is 236. The van der Waals surface area contributed by atoms with Crippen LogP contribution in [0.4, 0.5) is 0 Å². The summed E-state index contributed by atoms with van der Waals surface area (Å²) in [5, 5.41) is 0. The SMILES string of the molecule is C.C=C.CCN(CC)CC(C)NS(C)(=O)=O. The molecule has 0 bridgehead atoms. The molecule has 5 heteroatoms. The van der Waals surface area contributed by atoms with Gasteiger partial charge in [0.2, 0.25) is 10.0 Å². The third kappa shape index (κ3) is 13.6. The summed E-state index contributed by atoms with van der Waals surface area (Å²) in [5.74, 6) is 0. The molecular weight excluding hydrogens is 224 g/mol. The van der Waals surface area contributed by atoms with Crippen LogP contribution in [0.1, 0.15) is 28.2 Å². The fourth-order valence-electron chi connectivity index (χ4n) is 1.27. The molecule has 100 valence electrons. The van der Waals surface area contributed by atoms with Gasteiger partial charge in [-0.25, -0.2) is 13.1 Å². The molecule has 0 amide bonds. The van der Waals surface area contributed by atoms with Crippen molar-refractivity contribution in [1.29, 1.82) is 0 Å². The molecule has 0 aromatic carbocycles. The summed E-state index contributed by atoms with van der Waals surface area (Å²) in [4.78, 5) is 2.18. The third-order valence-electron chi connectivity index (χ3n) is 1.84. The number of hydrogen-bond acceptors (Lipinski definition) is 3. The van der Waals surface area contributed by atoms with Crippen molar-refractivity contribution in [1.82, 2.24) is 9.62 Å². The van der Waals surface area contributed by atoms with Crippen LogP contribution in [0.25, 0.3) is 0 Å². The predicted molar refractivity (Wildman–Crippen MR) is 73.2 cm³/mol. The van der Waals surface area contributed by atoms with E-state index >= 15 is 0 Å². The highest BCUT2D eigenvalue weighted by molar-refractivity contribution is 7.88. The van der Waals surface area contributed by atoms with E-state index in [1.54, 1.807) is 0 Å². The number of nitrogens with zero attached hydrogens (tertiary/aromatic N) is 1. The first-order valence-electron chi connectivity index (χ1n) is 5.08. The zero-order valence-electron chi connectivity index (χ0n) is 10.3. The van der Waals surface area contributed by atoms with Crippen molar-refractivity contribution in [3.05, 3.63) is 13.2 Å². The predicted octanol–water partition coefficient (Wildman–Crippen LogP) is 1.70. The van der Waals surface area contributed by atoms with E-state index in [1.807, 2.05) is 6.92 Å². The van der Waals surface area contributed by atoms with Crippen LogP contribution in [0.5, 0.6) is 0 Å². The van der Waals surface area contributed by atoms with Gasteiger partial charge in [-0.3, -0.25) is 0 Å². The number of likely N-dealkylation sites (N-methyl/N-ethyl adjacent to an activating group) is 1. The van der Waals surface area contributed by atoms with Gasteiger partial charge in [0, 0.05) is 12.6 Å². The number of nitrogens with one attached hydrogen (secondary N) is 1. The molecule has 16 heavy (non-hydrogen) atoms. The highest BCUT2D eigenvalue weighted by Gasteiger charge is 2.10. The van der Waals surface area contributed by atoms with Crippen LogP contribution >= 0.6 is 0 Å². The Hall–Kier alpha value is -0.390. The fourth-order valence-corrected chi connectivity index (χ4v) is 2.08. The van der Waals surface area contributed by atoms with E-state index in [9.17, 15) is 8.42 Å². The minimum Gasteiger partial charge on any atom is -0.302 e. The Morgan fingerprint density at radius 3 is 1.88 bits per heavy atom. The Kier molecular flexibility index (Phi) is 14.5. The zero-order chi connectivity index (χ0) is 12.5. The summed E-state index contributed by atoms with van der Waals surface area (Å²) in [7, 11) is -3.06. The first-order valence-corrected chi connectivity index (χ1v) is 6.97. The van der Waals surface area contributed by atoms with Gasteiger partial charge < -0.3 is 4.90 Å². The lowest BCUT2D eigenvalue weighted by atomic mass is 10.3. The molecule has 1 atom stereocenters. The van der Waals surface area contributed by atoms with Crippen LogP contribution in [0.15, 0.2) is 13.2 Å². The van der Waals surface area contributed by atoms with Crippen molar-refractivity contribution in [3.8, 4) is 0 Å². The van der Waals surface area contributed by atoms with Crippen LogP contribution in [-0.2, 0) is 10.0 Å². The highest BCUT2D eigenvalue weighted by atomic mass is 32.2. The molecule has 0 aromatic rings. The molecule has 0 saturated heterocycles. The Morgan fingerprint density at radius 2 is 1.62 bits per heavy atom. The van der Waals surface area contributed by atoms with Crippen molar-refractivity contribution < 1.29 is 8.42 Å². The number of sulfonamides is 1.